The van der Waals surface area contributed by atoms with Gasteiger partial charge in [0.1, 0.15) is 5.82 Å². The normalized spacial score (nSPS) is 11.8. The summed E-state index contributed by atoms with van der Waals surface area (Å²) >= 11 is 0. The molecule has 0 amide bonds. The zero-order valence-electron chi connectivity index (χ0n) is 17.2. The highest BCUT2D eigenvalue weighted by molar-refractivity contribution is 6.08. The molecule has 0 fully saturated rings. The van der Waals surface area contributed by atoms with Gasteiger partial charge in [-0.3, -0.25) is 9.20 Å². The number of rotatable bonds is 6. The third-order valence-electron chi connectivity index (χ3n) is 5.56. The Morgan fingerprint density at radius 3 is 2.53 bits per heavy atom. The van der Waals surface area contributed by atoms with E-state index in [1.165, 1.54) is 0 Å². The first-order valence-corrected chi connectivity index (χ1v) is 10.3. The van der Waals surface area contributed by atoms with Gasteiger partial charge >= 0.3 is 0 Å². The van der Waals surface area contributed by atoms with Crippen LogP contribution in [0.1, 0.15) is 6.42 Å². The number of nitrogens with one attached hydrogen (secondary N) is 1. The van der Waals surface area contributed by atoms with Crippen LogP contribution < -0.4 is 10.7 Å². The van der Waals surface area contributed by atoms with Crippen LogP contribution in [0, 0.1) is 0 Å². The van der Waals surface area contributed by atoms with Crippen LogP contribution in [0.15, 0.2) is 71.5 Å². The number of benzene rings is 3. The van der Waals surface area contributed by atoms with Crippen LogP contribution in [-0.2, 0) is 0 Å². The smallest absolute Gasteiger partial charge is 0.199 e. The average molecular weight is 396 g/mol. The van der Waals surface area contributed by atoms with Crippen LogP contribution >= 0.6 is 0 Å². The van der Waals surface area contributed by atoms with E-state index in [2.05, 4.69) is 40.8 Å². The summed E-state index contributed by atoms with van der Waals surface area (Å²) in [6.45, 7) is 1.81. The highest BCUT2D eigenvalue weighted by Crippen LogP contribution is 2.33. The van der Waals surface area contributed by atoms with Gasteiger partial charge in [0.25, 0.3) is 0 Å². The molecule has 0 aliphatic carbocycles. The van der Waals surface area contributed by atoms with Gasteiger partial charge in [-0.25, -0.2) is 4.98 Å². The Labute approximate surface area is 174 Å². The van der Waals surface area contributed by atoms with Crippen molar-refractivity contribution in [1.29, 1.82) is 0 Å². The van der Waals surface area contributed by atoms with E-state index >= 15 is 0 Å². The van der Waals surface area contributed by atoms with Gasteiger partial charge in [0.05, 0.1) is 21.9 Å². The van der Waals surface area contributed by atoms with Crippen LogP contribution in [0.3, 0.4) is 0 Å². The number of hydrogen-bond donors (Lipinski definition) is 1. The average Bonchev–Trinajstić information content (AvgIpc) is 3.16. The Bertz CT molecular complexity index is 1390. The summed E-state index contributed by atoms with van der Waals surface area (Å²) in [6.07, 6.45) is 1.00. The highest BCUT2D eigenvalue weighted by atomic mass is 16.1. The molecule has 1 N–H and O–H groups in total. The van der Waals surface area contributed by atoms with E-state index in [1.54, 1.807) is 0 Å². The molecule has 2 heterocycles. The van der Waals surface area contributed by atoms with E-state index in [0.717, 1.165) is 53.1 Å². The monoisotopic (exact) mass is 396 g/mol. The van der Waals surface area contributed by atoms with Crippen molar-refractivity contribution >= 4 is 33.0 Å². The number of pyridine rings is 1. The lowest BCUT2D eigenvalue weighted by atomic mass is 10.1. The van der Waals surface area contributed by atoms with Gasteiger partial charge in [-0.1, -0.05) is 42.5 Å². The van der Waals surface area contributed by atoms with Crippen LogP contribution in [-0.4, -0.2) is 41.5 Å². The van der Waals surface area contributed by atoms with Crippen molar-refractivity contribution in [3.63, 3.8) is 0 Å². The number of aromatic nitrogens is 2. The minimum absolute atomic E-state index is 0.0540. The second-order valence-electron chi connectivity index (χ2n) is 7.92. The van der Waals surface area contributed by atoms with Crippen molar-refractivity contribution in [1.82, 2.24) is 14.3 Å². The summed E-state index contributed by atoms with van der Waals surface area (Å²) in [5.74, 6) is 0.858. The van der Waals surface area contributed by atoms with Gasteiger partial charge in [-0.05, 0) is 51.3 Å². The summed E-state index contributed by atoms with van der Waals surface area (Å²) in [5.41, 5.74) is 4.57. The van der Waals surface area contributed by atoms with Crippen molar-refractivity contribution in [2.75, 3.05) is 32.5 Å². The van der Waals surface area contributed by atoms with E-state index in [4.69, 9.17) is 4.98 Å². The Morgan fingerprint density at radius 2 is 1.73 bits per heavy atom. The van der Waals surface area contributed by atoms with Gasteiger partial charge in [0, 0.05) is 23.2 Å². The molecule has 150 valence electrons. The molecule has 5 rings (SSSR count). The van der Waals surface area contributed by atoms with Gasteiger partial charge in [0.15, 0.2) is 5.43 Å². The fourth-order valence-corrected chi connectivity index (χ4v) is 4.17. The number of para-hydroxylation sites is 1. The van der Waals surface area contributed by atoms with Gasteiger partial charge < -0.3 is 10.2 Å². The van der Waals surface area contributed by atoms with E-state index in [0.29, 0.717) is 10.8 Å². The van der Waals surface area contributed by atoms with Crippen molar-refractivity contribution in [2.24, 2.45) is 0 Å². The Morgan fingerprint density at radius 1 is 0.967 bits per heavy atom. The van der Waals surface area contributed by atoms with Crippen molar-refractivity contribution < 1.29 is 0 Å². The quantitative estimate of drug-likeness (QED) is 0.340. The highest BCUT2D eigenvalue weighted by Gasteiger charge is 2.20. The molecule has 2 aromatic heterocycles. The first-order valence-electron chi connectivity index (χ1n) is 10.3. The topological polar surface area (TPSA) is 49.6 Å². The summed E-state index contributed by atoms with van der Waals surface area (Å²) in [7, 11) is 4.14. The van der Waals surface area contributed by atoms with Crippen LogP contribution in [0.4, 0.5) is 5.69 Å². The molecule has 0 radical (unpaired) electrons. The maximum Gasteiger partial charge on any atom is 0.199 e. The molecule has 30 heavy (non-hydrogen) atoms. The minimum atomic E-state index is 0.0540. The van der Waals surface area contributed by atoms with Crippen molar-refractivity contribution in [3.05, 3.63) is 77.0 Å². The molecule has 0 bridgehead atoms. The summed E-state index contributed by atoms with van der Waals surface area (Å²) in [6, 6.07) is 22.0. The third-order valence-corrected chi connectivity index (χ3v) is 5.56. The molecule has 0 aliphatic rings. The minimum Gasteiger partial charge on any atom is -0.384 e. The fraction of sp³-hybridized carbons (Fsp3) is 0.200. The summed E-state index contributed by atoms with van der Waals surface area (Å²) in [5, 5.41) is 4.92. The summed E-state index contributed by atoms with van der Waals surface area (Å²) < 4.78 is 2.14. The molecule has 0 atom stereocenters. The Balaban J connectivity index is 1.78. The van der Waals surface area contributed by atoms with Gasteiger partial charge in [-0.15, -0.1) is 0 Å². The Hall–Kier alpha value is -3.44. The SMILES string of the molecule is CN(C)CCCNc1ccc2nc(-c3ccccc3)n3c4ccccc4c(=O)c1c23. The van der Waals surface area contributed by atoms with E-state index in [9.17, 15) is 4.79 Å². The Kier molecular flexibility index (Phi) is 4.60. The first-order chi connectivity index (χ1) is 14.6. The molecule has 0 spiro atoms. The van der Waals surface area contributed by atoms with E-state index in [1.807, 2.05) is 54.6 Å². The number of anilines is 1. The molecular formula is C25H24N4O. The van der Waals surface area contributed by atoms with Crippen molar-refractivity contribution in [3.8, 4) is 11.4 Å². The number of imidazole rings is 1. The molecular weight excluding hydrogens is 372 g/mol. The zero-order chi connectivity index (χ0) is 20.7. The fourth-order valence-electron chi connectivity index (χ4n) is 4.17. The second kappa shape index (κ2) is 7.43. The lowest BCUT2D eigenvalue weighted by Crippen LogP contribution is -2.17. The molecule has 0 saturated heterocycles. The zero-order valence-corrected chi connectivity index (χ0v) is 17.2. The van der Waals surface area contributed by atoms with Crippen molar-refractivity contribution in [2.45, 2.75) is 6.42 Å². The predicted octanol–water partition coefficient (Wildman–Crippen LogP) is 4.47. The number of fused-ring (bicyclic) bond motifs is 2. The number of hydrogen-bond acceptors (Lipinski definition) is 4. The predicted molar refractivity (Wildman–Crippen MR) is 125 cm³/mol. The van der Waals surface area contributed by atoms with Gasteiger partial charge in [0.2, 0.25) is 0 Å². The van der Waals surface area contributed by atoms with Crippen LogP contribution in [0.5, 0.6) is 0 Å². The number of nitrogens with zero attached hydrogens (tertiary/aromatic N) is 3. The largest absolute Gasteiger partial charge is 0.384 e. The van der Waals surface area contributed by atoms with E-state index in [-0.39, 0.29) is 5.43 Å². The lowest BCUT2D eigenvalue weighted by Gasteiger charge is -2.13. The molecule has 3 aromatic carbocycles. The molecule has 0 aliphatic heterocycles. The lowest BCUT2D eigenvalue weighted by molar-refractivity contribution is 0.405. The molecule has 0 saturated carbocycles. The maximum atomic E-state index is 13.5. The maximum absolute atomic E-state index is 13.5. The van der Waals surface area contributed by atoms with Crippen LogP contribution in [0.2, 0.25) is 0 Å². The molecule has 0 unspecified atom stereocenters. The molecule has 5 heteroatoms. The van der Waals surface area contributed by atoms with Gasteiger partial charge in [-0.2, -0.15) is 0 Å². The van der Waals surface area contributed by atoms with E-state index < -0.39 is 0 Å². The van der Waals surface area contributed by atoms with Crippen LogP contribution in [0.25, 0.3) is 38.7 Å². The molecule has 5 nitrogen and oxygen atoms in total. The second-order valence-corrected chi connectivity index (χ2v) is 7.92. The first kappa shape index (κ1) is 18.6. The summed E-state index contributed by atoms with van der Waals surface area (Å²) in [4.78, 5) is 20.6. The molecule has 5 aromatic rings. The third kappa shape index (κ3) is 2.99. The standard InChI is InChI=1S/C25H24N4O/c1-28(2)16-8-15-26-19-13-14-20-23-22(19)24(30)18-11-6-7-12-21(18)29(23)25(27-20)17-9-4-3-5-10-17/h3-7,9-14,26H,8,15-16H2,1-2H3.